The second kappa shape index (κ2) is 7.50. The van der Waals surface area contributed by atoms with Gasteiger partial charge in [0.15, 0.2) is 11.5 Å². The van der Waals surface area contributed by atoms with Crippen LogP contribution in [0.4, 0.5) is 0 Å². The summed E-state index contributed by atoms with van der Waals surface area (Å²) in [6, 6.07) is 7.60. The van der Waals surface area contributed by atoms with E-state index in [4.69, 9.17) is 5.10 Å². The highest BCUT2D eigenvalue weighted by Crippen LogP contribution is 2.31. The number of nitrogens with zero attached hydrogens (tertiary/aromatic N) is 7. The van der Waals surface area contributed by atoms with Gasteiger partial charge in [-0.05, 0) is 51.0 Å². The standard InChI is InChI=1S/C20H22N8O2S/c1-13-19(14(2)23-22-13)31(29,30)27-10-7-15(8-11-27)20-25-24-18-6-5-17(26-28(18)20)16-4-3-9-21-12-16/h3-6,9,12,15H,7-8,10-11H2,1-2H3,(H,22,23). The molecule has 10 nitrogen and oxygen atoms in total. The Kier molecular flexibility index (Phi) is 4.78. The first-order valence-electron chi connectivity index (χ1n) is 10.1. The largest absolute Gasteiger partial charge is 0.281 e. The van der Waals surface area contributed by atoms with Crippen molar-refractivity contribution in [3.05, 3.63) is 53.9 Å². The summed E-state index contributed by atoms with van der Waals surface area (Å²) in [7, 11) is -3.58. The van der Waals surface area contributed by atoms with Crippen LogP contribution >= 0.6 is 0 Å². The Balaban J connectivity index is 1.40. The number of rotatable bonds is 4. The zero-order chi connectivity index (χ0) is 21.6. The van der Waals surface area contributed by atoms with E-state index in [9.17, 15) is 8.42 Å². The third kappa shape index (κ3) is 3.39. The molecule has 1 aliphatic rings. The Morgan fingerprint density at radius 1 is 1.10 bits per heavy atom. The molecule has 5 rings (SSSR count). The molecule has 31 heavy (non-hydrogen) atoms. The zero-order valence-corrected chi connectivity index (χ0v) is 18.0. The number of hydrogen-bond acceptors (Lipinski definition) is 7. The Morgan fingerprint density at radius 2 is 1.90 bits per heavy atom. The summed E-state index contributed by atoms with van der Waals surface area (Å²) >= 11 is 0. The fourth-order valence-electron chi connectivity index (χ4n) is 4.13. The van der Waals surface area contributed by atoms with E-state index in [1.807, 2.05) is 24.3 Å². The Labute approximate surface area is 179 Å². The van der Waals surface area contributed by atoms with Gasteiger partial charge < -0.3 is 0 Å². The van der Waals surface area contributed by atoms with Gasteiger partial charge in [0.2, 0.25) is 10.0 Å². The van der Waals surface area contributed by atoms with Crippen LogP contribution in [0.3, 0.4) is 0 Å². The number of aryl methyl sites for hydroxylation is 2. The van der Waals surface area contributed by atoms with Crippen LogP contribution in [-0.2, 0) is 10.0 Å². The summed E-state index contributed by atoms with van der Waals surface area (Å²) in [6.45, 7) is 4.26. The summed E-state index contributed by atoms with van der Waals surface area (Å²) in [5.74, 6) is 0.832. The predicted octanol–water partition coefficient (Wildman–Crippen LogP) is 2.09. The van der Waals surface area contributed by atoms with Crippen molar-refractivity contribution in [2.75, 3.05) is 13.1 Å². The molecule has 4 aromatic rings. The van der Waals surface area contributed by atoms with Crippen LogP contribution in [0, 0.1) is 13.8 Å². The summed E-state index contributed by atoms with van der Waals surface area (Å²) in [5, 5.41) is 20.1. The van der Waals surface area contributed by atoms with Gasteiger partial charge in [-0.3, -0.25) is 10.1 Å². The topological polar surface area (TPSA) is 122 Å². The van der Waals surface area contributed by atoms with Crippen molar-refractivity contribution in [1.29, 1.82) is 0 Å². The molecule has 160 valence electrons. The number of fused-ring (bicyclic) bond motifs is 1. The molecular weight excluding hydrogens is 416 g/mol. The van der Waals surface area contributed by atoms with E-state index < -0.39 is 10.0 Å². The van der Waals surface area contributed by atoms with Crippen LogP contribution < -0.4 is 0 Å². The number of aromatic nitrogens is 7. The van der Waals surface area contributed by atoms with E-state index in [1.54, 1.807) is 30.8 Å². The van der Waals surface area contributed by atoms with Gasteiger partial charge in [0.1, 0.15) is 4.90 Å². The molecule has 0 aromatic carbocycles. The van der Waals surface area contributed by atoms with Gasteiger partial charge in [0.05, 0.1) is 17.1 Å². The Morgan fingerprint density at radius 3 is 2.58 bits per heavy atom. The minimum Gasteiger partial charge on any atom is -0.281 e. The van der Waals surface area contributed by atoms with Crippen molar-refractivity contribution < 1.29 is 8.42 Å². The Bertz CT molecular complexity index is 1320. The number of nitrogens with one attached hydrogen (secondary N) is 1. The predicted molar refractivity (Wildman–Crippen MR) is 113 cm³/mol. The highest BCUT2D eigenvalue weighted by atomic mass is 32.2. The molecule has 11 heteroatoms. The number of piperidine rings is 1. The average molecular weight is 439 g/mol. The molecule has 1 fully saturated rings. The maximum Gasteiger partial charge on any atom is 0.246 e. The van der Waals surface area contributed by atoms with Crippen LogP contribution in [-0.4, -0.2) is 60.8 Å². The van der Waals surface area contributed by atoms with Crippen LogP contribution in [0.15, 0.2) is 41.6 Å². The lowest BCUT2D eigenvalue weighted by molar-refractivity contribution is 0.311. The van der Waals surface area contributed by atoms with Crippen LogP contribution in [0.1, 0.15) is 36.0 Å². The zero-order valence-electron chi connectivity index (χ0n) is 17.2. The van der Waals surface area contributed by atoms with Gasteiger partial charge in [-0.25, -0.2) is 8.42 Å². The molecule has 4 aromatic heterocycles. The summed E-state index contributed by atoms with van der Waals surface area (Å²) in [5.41, 5.74) is 3.43. The third-order valence-corrected chi connectivity index (χ3v) is 7.88. The van der Waals surface area contributed by atoms with E-state index >= 15 is 0 Å². The van der Waals surface area contributed by atoms with Gasteiger partial charge >= 0.3 is 0 Å². The smallest absolute Gasteiger partial charge is 0.246 e. The minimum atomic E-state index is -3.58. The lowest BCUT2D eigenvalue weighted by Gasteiger charge is -2.30. The van der Waals surface area contributed by atoms with E-state index in [1.165, 1.54) is 4.31 Å². The fraction of sp³-hybridized carbons (Fsp3) is 0.350. The molecule has 0 bridgehead atoms. The van der Waals surface area contributed by atoms with Gasteiger partial charge in [0.25, 0.3) is 0 Å². The van der Waals surface area contributed by atoms with E-state index in [-0.39, 0.29) is 10.8 Å². The van der Waals surface area contributed by atoms with Crippen LogP contribution in [0.5, 0.6) is 0 Å². The second-order valence-corrected chi connectivity index (χ2v) is 9.60. The molecule has 0 amide bonds. The molecule has 0 aliphatic carbocycles. The van der Waals surface area contributed by atoms with E-state index in [2.05, 4.69) is 25.4 Å². The number of pyridine rings is 1. The minimum absolute atomic E-state index is 0.0737. The van der Waals surface area contributed by atoms with Crippen molar-refractivity contribution in [1.82, 2.24) is 39.3 Å². The van der Waals surface area contributed by atoms with Crippen molar-refractivity contribution >= 4 is 15.7 Å². The first-order chi connectivity index (χ1) is 14.9. The molecule has 1 saturated heterocycles. The third-order valence-electron chi connectivity index (χ3n) is 5.72. The fourth-order valence-corrected chi connectivity index (χ4v) is 5.93. The highest BCUT2D eigenvalue weighted by molar-refractivity contribution is 7.89. The summed E-state index contributed by atoms with van der Waals surface area (Å²) in [6.07, 6.45) is 4.78. The van der Waals surface area contributed by atoms with Crippen LogP contribution in [0.25, 0.3) is 16.9 Å². The first-order valence-corrected chi connectivity index (χ1v) is 11.5. The molecule has 0 atom stereocenters. The van der Waals surface area contributed by atoms with Crippen molar-refractivity contribution in [2.24, 2.45) is 0 Å². The van der Waals surface area contributed by atoms with Crippen molar-refractivity contribution in [3.63, 3.8) is 0 Å². The normalized spacial score (nSPS) is 16.2. The van der Waals surface area contributed by atoms with Gasteiger partial charge in [0, 0.05) is 37.0 Å². The number of hydrogen-bond donors (Lipinski definition) is 1. The van der Waals surface area contributed by atoms with Gasteiger partial charge in [-0.1, -0.05) is 0 Å². The number of aromatic amines is 1. The maximum atomic E-state index is 13.1. The average Bonchev–Trinajstić information content (AvgIpc) is 3.37. The molecule has 1 aliphatic heterocycles. The van der Waals surface area contributed by atoms with Crippen molar-refractivity contribution in [3.8, 4) is 11.3 Å². The number of H-pyrrole nitrogens is 1. The molecule has 5 heterocycles. The molecule has 0 saturated carbocycles. The molecule has 0 spiro atoms. The molecular formula is C20H22N8O2S. The molecule has 0 radical (unpaired) electrons. The summed E-state index contributed by atoms with van der Waals surface area (Å²) in [4.78, 5) is 4.44. The van der Waals surface area contributed by atoms with Crippen LogP contribution in [0.2, 0.25) is 0 Å². The summed E-state index contributed by atoms with van der Waals surface area (Å²) < 4.78 is 29.5. The Hall–Kier alpha value is -3.18. The molecule has 1 N–H and O–H groups in total. The lowest BCUT2D eigenvalue weighted by atomic mass is 9.97. The van der Waals surface area contributed by atoms with Gasteiger partial charge in [-0.15, -0.1) is 10.2 Å². The van der Waals surface area contributed by atoms with Gasteiger partial charge in [-0.2, -0.15) is 19.0 Å². The second-order valence-electron chi connectivity index (χ2n) is 7.73. The first kappa shape index (κ1) is 19.8. The number of sulfonamides is 1. The maximum absolute atomic E-state index is 13.1. The van der Waals surface area contributed by atoms with Crippen molar-refractivity contribution in [2.45, 2.75) is 37.5 Å². The quantitative estimate of drug-likeness (QED) is 0.518. The van der Waals surface area contributed by atoms with E-state index in [0.29, 0.717) is 43.0 Å². The lowest BCUT2D eigenvalue weighted by Crippen LogP contribution is -2.38. The highest BCUT2D eigenvalue weighted by Gasteiger charge is 2.34. The molecule has 0 unspecified atom stereocenters. The van der Waals surface area contributed by atoms with E-state index in [0.717, 1.165) is 17.1 Å². The SMILES string of the molecule is Cc1n[nH]c(C)c1S(=O)(=O)N1CCC(c2nnc3ccc(-c4cccnc4)nn23)CC1. The monoisotopic (exact) mass is 438 g/mol.